The highest BCUT2D eigenvalue weighted by molar-refractivity contribution is 6.22. The van der Waals surface area contributed by atoms with E-state index in [-0.39, 0.29) is 5.41 Å². The fourth-order valence-corrected chi connectivity index (χ4v) is 2.94. The van der Waals surface area contributed by atoms with E-state index in [1.54, 1.807) is 0 Å². The number of hydrogen-bond donors (Lipinski definition) is 1. The van der Waals surface area contributed by atoms with E-state index in [1.165, 1.54) is 37.9 Å². The van der Waals surface area contributed by atoms with Gasteiger partial charge in [-0.05, 0) is 49.0 Å². The summed E-state index contributed by atoms with van der Waals surface area (Å²) in [4.78, 5) is 0. The van der Waals surface area contributed by atoms with Crippen LogP contribution in [0.15, 0.2) is 18.2 Å². The number of benzene rings is 1. The predicted octanol–water partition coefficient (Wildman–Crippen LogP) is 2.51. The molecule has 3 rings (SSSR count). The van der Waals surface area contributed by atoms with Crippen molar-refractivity contribution in [1.29, 1.82) is 0 Å². The van der Waals surface area contributed by atoms with E-state index < -0.39 is 10.0 Å². The standard InChI is InChI=1S/C10H14O2Si.C5H11N/c1-10(2,3)7-4-5-8-9(6-7)12-13-11-8;1-2-4-6-5-3-1/h4-6H,13H2,1-3H3;6H,1-5H2. The van der Waals surface area contributed by atoms with Crippen molar-refractivity contribution in [2.75, 3.05) is 13.1 Å². The molecule has 1 fully saturated rings. The van der Waals surface area contributed by atoms with Crippen molar-refractivity contribution in [3.05, 3.63) is 23.8 Å². The lowest BCUT2D eigenvalue weighted by atomic mass is 9.87. The lowest BCUT2D eigenvalue weighted by Crippen LogP contribution is -2.21. The van der Waals surface area contributed by atoms with Crippen LogP contribution in [0.2, 0.25) is 0 Å². The summed E-state index contributed by atoms with van der Waals surface area (Å²) in [7, 11) is -0.770. The van der Waals surface area contributed by atoms with Gasteiger partial charge in [0.05, 0.1) is 0 Å². The Morgan fingerprint density at radius 2 is 1.68 bits per heavy atom. The minimum atomic E-state index is -0.770. The van der Waals surface area contributed by atoms with Crippen molar-refractivity contribution in [3.8, 4) is 11.5 Å². The quantitative estimate of drug-likeness (QED) is 0.740. The maximum absolute atomic E-state index is 5.45. The van der Waals surface area contributed by atoms with Gasteiger partial charge in [0, 0.05) is 0 Å². The molecule has 0 aliphatic carbocycles. The summed E-state index contributed by atoms with van der Waals surface area (Å²) in [6, 6.07) is 6.22. The molecule has 4 heteroatoms. The SMILES string of the molecule is C1CCNCC1.CC(C)(C)c1ccc2c(c1)O[SiH2]O2. The van der Waals surface area contributed by atoms with Crippen molar-refractivity contribution in [2.45, 2.75) is 45.4 Å². The summed E-state index contributed by atoms with van der Waals surface area (Å²) in [5, 5.41) is 3.28. The molecule has 0 amide bonds. The van der Waals surface area contributed by atoms with Crippen molar-refractivity contribution in [2.24, 2.45) is 0 Å². The number of piperidine rings is 1. The molecule has 0 spiro atoms. The number of fused-ring (bicyclic) bond motifs is 1. The van der Waals surface area contributed by atoms with E-state index in [4.69, 9.17) is 8.85 Å². The third-order valence-electron chi connectivity index (χ3n) is 3.45. The first-order valence-corrected chi connectivity index (χ1v) is 8.34. The largest absolute Gasteiger partial charge is 0.513 e. The Morgan fingerprint density at radius 1 is 1.00 bits per heavy atom. The van der Waals surface area contributed by atoms with E-state index in [9.17, 15) is 0 Å². The Morgan fingerprint density at radius 3 is 2.21 bits per heavy atom. The molecular weight excluding hydrogens is 254 g/mol. The van der Waals surface area contributed by atoms with Crippen LogP contribution >= 0.6 is 0 Å². The number of hydrogen-bond acceptors (Lipinski definition) is 3. The normalized spacial score (nSPS) is 18.9. The Kier molecular flexibility index (Phi) is 4.88. The van der Waals surface area contributed by atoms with E-state index in [2.05, 4.69) is 38.2 Å². The Hall–Kier alpha value is -1.00. The van der Waals surface area contributed by atoms with Gasteiger partial charge in [-0.15, -0.1) is 0 Å². The molecule has 0 aromatic heterocycles. The second kappa shape index (κ2) is 6.44. The maximum Gasteiger partial charge on any atom is 0.427 e. The minimum absolute atomic E-state index is 0.183. The molecule has 2 heterocycles. The van der Waals surface area contributed by atoms with Gasteiger partial charge < -0.3 is 14.2 Å². The van der Waals surface area contributed by atoms with Gasteiger partial charge in [-0.1, -0.05) is 33.3 Å². The molecule has 0 saturated carbocycles. The fraction of sp³-hybridized carbons (Fsp3) is 0.600. The van der Waals surface area contributed by atoms with E-state index in [0.29, 0.717) is 0 Å². The van der Waals surface area contributed by atoms with Crippen LogP contribution in [0.25, 0.3) is 0 Å². The van der Waals surface area contributed by atoms with Crippen LogP contribution in [0.3, 0.4) is 0 Å². The van der Waals surface area contributed by atoms with Gasteiger partial charge in [-0.2, -0.15) is 0 Å². The smallest absolute Gasteiger partial charge is 0.427 e. The molecule has 19 heavy (non-hydrogen) atoms. The third kappa shape index (κ3) is 4.25. The van der Waals surface area contributed by atoms with Crippen LogP contribution in [-0.2, 0) is 5.41 Å². The second-order valence-corrected chi connectivity index (χ2v) is 6.94. The molecule has 2 aliphatic heterocycles. The van der Waals surface area contributed by atoms with Gasteiger partial charge in [0.25, 0.3) is 0 Å². The first kappa shape index (κ1) is 14.4. The molecule has 0 radical (unpaired) electrons. The minimum Gasteiger partial charge on any atom is -0.513 e. The van der Waals surface area contributed by atoms with Crippen LogP contribution in [0.1, 0.15) is 45.6 Å². The molecule has 0 bridgehead atoms. The van der Waals surface area contributed by atoms with Crippen LogP contribution in [0.4, 0.5) is 0 Å². The summed E-state index contributed by atoms with van der Waals surface area (Å²) < 4.78 is 10.8. The first-order valence-electron chi connectivity index (χ1n) is 7.18. The summed E-state index contributed by atoms with van der Waals surface area (Å²) >= 11 is 0. The molecule has 0 unspecified atom stereocenters. The monoisotopic (exact) mass is 279 g/mol. The molecular formula is C15H25NO2Si. The Bertz CT molecular complexity index is 400. The van der Waals surface area contributed by atoms with Crippen LogP contribution in [0.5, 0.6) is 11.5 Å². The highest BCUT2D eigenvalue weighted by atomic mass is 28.3. The van der Waals surface area contributed by atoms with Crippen LogP contribution in [0, 0.1) is 0 Å². The van der Waals surface area contributed by atoms with Gasteiger partial charge in [-0.3, -0.25) is 0 Å². The van der Waals surface area contributed by atoms with Crippen molar-refractivity contribution in [1.82, 2.24) is 5.32 Å². The first-order chi connectivity index (χ1) is 9.07. The molecule has 3 nitrogen and oxygen atoms in total. The topological polar surface area (TPSA) is 30.5 Å². The lowest BCUT2D eigenvalue weighted by Gasteiger charge is -2.19. The van der Waals surface area contributed by atoms with Crippen LogP contribution < -0.4 is 14.2 Å². The zero-order valence-corrected chi connectivity index (χ0v) is 13.7. The molecule has 1 saturated heterocycles. The van der Waals surface area contributed by atoms with Crippen molar-refractivity contribution in [3.63, 3.8) is 0 Å². The van der Waals surface area contributed by atoms with E-state index in [0.717, 1.165) is 11.5 Å². The van der Waals surface area contributed by atoms with Gasteiger partial charge in [-0.25, -0.2) is 0 Å². The van der Waals surface area contributed by atoms with Crippen molar-refractivity contribution < 1.29 is 8.85 Å². The molecule has 106 valence electrons. The summed E-state index contributed by atoms with van der Waals surface area (Å²) in [6.45, 7) is 9.09. The highest BCUT2D eigenvalue weighted by Crippen LogP contribution is 2.35. The summed E-state index contributed by atoms with van der Waals surface area (Å²) in [5.41, 5.74) is 1.48. The summed E-state index contributed by atoms with van der Waals surface area (Å²) in [6.07, 6.45) is 4.22. The maximum atomic E-state index is 5.45. The zero-order chi connectivity index (χ0) is 13.7. The molecule has 1 aromatic rings. The van der Waals surface area contributed by atoms with Gasteiger partial charge in [0.15, 0.2) is 0 Å². The Balaban J connectivity index is 0.000000186. The highest BCUT2D eigenvalue weighted by Gasteiger charge is 2.19. The summed E-state index contributed by atoms with van der Waals surface area (Å²) in [5.74, 6) is 1.85. The van der Waals surface area contributed by atoms with Crippen LogP contribution in [-0.4, -0.2) is 23.1 Å². The molecule has 1 N–H and O–H groups in total. The lowest BCUT2D eigenvalue weighted by molar-refractivity contribution is 0.520. The van der Waals surface area contributed by atoms with Gasteiger partial charge in [0.1, 0.15) is 11.5 Å². The third-order valence-corrected chi connectivity index (χ3v) is 4.30. The van der Waals surface area contributed by atoms with E-state index >= 15 is 0 Å². The fourth-order valence-electron chi connectivity index (χ4n) is 2.16. The van der Waals surface area contributed by atoms with E-state index in [1.807, 2.05) is 6.07 Å². The van der Waals surface area contributed by atoms with Gasteiger partial charge in [0.2, 0.25) is 0 Å². The van der Waals surface area contributed by atoms with Crippen molar-refractivity contribution >= 4 is 10.0 Å². The average Bonchev–Trinajstić information content (AvgIpc) is 2.87. The van der Waals surface area contributed by atoms with Gasteiger partial charge >= 0.3 is 10.0 Å². The average molecular weight is 279 g/mol. The molecule has 1 aromatic carbocycles. The number of rotatable bonds is 0. The molecule has 0 atom stereocenters. The zero-order valence-electron chi connectivity index (χ0n) is 12.3. The Labute approximate surface area is 118 Å². The molecule has 2 aliphatic rings. The number of nitrogens with one attached hydrogen (secondary N) is 1. The predicted molar refractivity (Wildman–Crippen MR) is 81.7 cm³/mol. The second-order valence-electron chi connectivity index (χ2n) is 6.13.